The molecule has 4 nitrogen and oxygen atoms in total. The molecule has 0 radical (unpaired) electrons. The van der Waals surface area contributed by atoms with Crippen molar-refractivity contribution in [3.05, 3.63) is 30.5 Å². The fourth-order valence-corrected chi connectivity index (χ4v) is 1.14. The molecule has 0 atom stereocenters. The van der Waals surface area contributed by atoms with Crippen molar-refractivity contribution in [3.63, 3.8) is 0 Å². The fourth-order valence-electron chi connectivity index (χ4n) is 1.14. The summed E-state index contributed by atoms with van der Waals surface area (Å²) in [7, 11) is 0. The zero-order valence-electron chi connectivity index (χ0n) is 7.81. The van der Waals surface area contributed by atoms with Gasteiger partial charge >= 0.3 is 0 Å². The maximum absolute atomic E-state index is 4.33. The minimum atomic E-state index is 0.654. The Kier molecular flexibility index (Phi) is 2.36. The number of aromatic nitrogens is 2. The van der Waals surface area contributed by atoms with Gasteiger partial charge in [0.05, 0.1) is 17.2 Å². The van der Waals surface area contributed by atoms with E-state index >= 15 is 0 Å². The van der Waals surface area contributed by atoms with Gasteiger partial charge in [0.15, 0.2) is 5.82 Å². The molecule has 0 amide bonds. The predicted molar refractivity (Wildman–Crippen MR) is 57.3 cm³/mol. The van der Waals surface area contributed by atoms with Crippen molar-refractivity contribution < 1.29 is 0 Å². The third kappa shape index (κ3) is 1.69. The van der Waals surface area contributed by atoms with Crippen LogP contribution >= 0.6 is 0 Å². The Morgan fingerprint density at radius 2 is 2.07 bits per heavy atom. The lowest BCUT2D eigenvalue weighted by molar-refractivity contribution is 1.22. The minimum Gasteiger partial charge on any atom is -0.260 e. The van der Waals surface area contributed by atoms with Crippen LogP contribution in [0.2, 0.25) is 0 Å². The van der Waals surface area contributed by atoms with E-state index < -0.39 is 0 Å². The molecular formula is C10H10N4. The molecule has 0 fully saturated rings. The second kappa shape index (κ2) is 3.83. The van der Waals surface area contributed by atoms with E-state index in [2.05, 4.69) is 20.5 Å². The van der Waals surface area contributed by atoms with Crippen molar-refractivity contribution in [2.45, 2.75) is 6.92 Å². The molecule has 0 bridgehead atoms. The van der Waals surface area contributed by atoms with E-state index in [0.29, 0.717) is 5.82 Å². The topological polar surface area (TPSA) is 50.2 Å². The van der Waals surface area contributed by atoms with Crippen LogP contribution in [0.1, 0.15) is 6.92 Å². The van der Waals surface area contributed by atoms with E-state index in [1.165, 1.54) is 0 Å². The molecule has 2 aromatic rings. The first-order valence-electron chi connectivity index (χ1n) is 4.35. The lowest BCUT2D eigenvalue weighted by Crippen LogP contribution is -1.93. The van der Waals surface area contributed by atoms with Crippen LogP contribution < -0.4 is 5.43 Å². The second-order valence-corrected chi connectivity index (χ2v) is 2.74. The largest absolute Gasteiger partial charge is 0.260 e. The van der Waals surface area contributed by atoms with Crippen LogP contribution in [0.5, 0.6) is 0 Å². The summed E-state index contributed by atoms with van der Waals surface area (Å²) >= 11 is 0. The Bertz CT molecular complexity index is 464. The van der Waals surface area contributed by atoms with Crippen molar-refractivity contribution in [2.24, 2.45) is 5.10 Å². The van der Waals surface area contributed by atoms with Gasteiger partial charge in [0.1, 0.15) is 0 Å². The predicted octanol–water partition coefficient (Wildman–Crippen LogP) is 2.05. The number of benzene rings is 1. The first-order chi connectivity index (χ1) is 6.90. The van der Waals surface area contributed by atoms with E-state index in [1.807, 2.05) is 31.2 Å². The van der Waals surface area contributed by atoms with Gasteiger partial charge in [-0.25, -0.2) is 4.98 Å². The fraction of sp³-hybridized carbons (Fsp3) is 0.100. The van der Waals surface area contributed by atoms with Gasteiger partial charge in [-0.3, -0.25) is 10.4 Å². The van der Waals surface area contributed by atoms with Crippen LogP contribution in [0.15, 0.2) is 35.6 Å². The third-order valence-electron chi connectivity index (χ3n) is 1.76. The monoisotopic (exact) mass is 186 g/mol. The molecule has 0 spiro atoms. The maximum atomic E-state index is 4.33. The summed E-state index contributed by atoms with van der Waals surface area (Å²) in [5.41, 5.74) is 4.53. The molecule has 0 aliphatic rings. The number of anilines is 1. The number of para-hydroxylation sites is 2. The smallest absolute Gasteiger partial charge is 0.165 e. The number of nitrogens with one attached hydrogen (secondary N) is 1. The standard InChI is InChI=1S/C10H10N4/c1-2-12-14-10-7-11-8-5-3-4-6-9(8)13-10/h2-7H,1H3,(H,13,14)/b12-2+. The molecular weight excluding hydrogens is 176 g/mol. The summed E-state index contributed by atoms with van der Waals surface area (Å²) in [5, 5.41) is 3.87. The van der Waals surface area contributed by atoms with E-state index in [1.54, 1.807) is 12.4 Å². The van der Waals surface area contributed by atoms with E-state index in [4.69, 9.17) is 0 Å². The molecule has 1 aromatic heterocycles. The van der Waals surface area contributed by atoms with Crippen LogP contribution in [0, 0.1) is 0 Å². The highest BCUT2D eigenvalue weighted by Gasteiger charge is 1.96. The van der Waals surface area contributed by atoms with Gasteiger partial charge in [-0.1, -0.05) is 12.1 Å². The molecule has 0 unspecified atom stereocenters. The molecule has 1 heterocycles. The Hall–Kier alpha value is -1.97. The quantitative estimate of drug-likeness (QED) is 0.576. The number of hydrazone groups is 1. The van der Waals surface area contributed by atoms with Gasteiger partial charge in [0.2, 0.25) is 0 Å². The van der Waals surface area contributed by atoms with Crippen molar-refractivity contribution in [3.8, 4) is 0 Å². The molecule has 70 valence electrons. The summed E-state index contributed by atoms with van der Waals surface area (Å²) < 4.78 is 0. The Balaban J connectivity index is 2.41. The summed E-state index contributed by atoms with van der Waals surface area (Å²) in [6.07, 6.45) is 3.33. The number of nitrogens with zero attached hydrogens (tertiary/aromatic N) is 3. The molecule has 0 aliphatic heterocycles. The Labute approximate surface area is 81.7 Å². The summed E-state index contributed by atoms with van der Waals surface area (Å²) in [6, 6.07) is 7.72. The summed E-state index contributed by atoms with van der Waals surface area (Å²) in [5.74, 6) is 0.654. The van der Waals surface area contributed by atoms with E-state index in [0.717, 1.165) is 11.0 Å². The van der Waals surface area contributed by atoms with Crippen molar-refractivity contribution >= 4 is 23.1 Å². The molecule has 0 saturated heterocycles. The van der Waals surface area contributed by atoms with Crippen molar-refractivity contribution in [2.75, 3.05) is 5.43 Å². The number of fused-ring (bicyclic) bond motifs is 1. The van der Waals surface area contributed by atoms with Gasteiger partial charge in [-0.15, -0.1) is 0 Å². The van der Waals surface area contributed by atoms with Gasteiger partial charge < -0.3 is 0 Å². The molecule has 14 heavy (non-hydrogen) atoms. The SMILES string of the molecule is C/C=N/Nc1cnc2ccccc2n1. The third-order valence-corrected chi connectivity index (χ3v) is 1.76. The van der Waals surface area contributed by atoms with Crippen LogP contribution in [0.3, 0.4) is 0 Å². The van der Waals surface area contributed by atoms with Gasteiger partial charge in [0.25, 0.3) is 0 Å². The molecule has 0 saturated carbocycles. The van der Waals surface area contributed by atoms with E-state index in [9.17, 15) is 0 Å². The van der Waals surface area contributed by atoms with Gasteiger partial charge in [0, 0.05) is 6.21 Å². The lowest BCUT2D eigenvalue weighted by atomic mass is 10.3. The first-order valence-corrected chi connectivity index (χ1v) is 4.35. The van der Waals surface area contributed by atoms with Crippen molar-refractivity contribution in [1.29, 1.82) is 0 Å². The molecule has 0 aliphatic carbocycles. The van der Waals surface area contributed by atoms with Crippen LogP contribution in [-0.2, 0) is 0 Å². The average molecular weight is 186 g/mol. The van der Waals surface area contributed by atoms with Gasteiger partial charge in [-0.05, 0) is 19.1 Å². The highest BCUT2D eigenvalue weighted by Crippen LogP contribution is 2.10. The van der Waals surface area contributed by atoms with Crippen LogP contribution in [0.25, 0.3) is 11.0 Å². The number of rotatable bonds is 2. The first kappa shape index (κ1) is 8.62. The van der Waals surface area contributed by atoms with E-state index in [-0.39, 0.29) is 0 Å². The van der Waals surface area contributed by atoms with Crippen molar-refractivity contribution in [1.82, 2.24) is 9.97 Å². The highest BCUT2D eigenvalue weighted by molar-refractivity contribution is 5.75. The molecule has 1 N–H and O–H groups in total. The number of hydrogen-bond acceptors (Lipinski definition) is 4. The Morgan fingerprint density at radius 1 is 1.29 bits per heavy atom. The van der Waals surface area contributed by atoms with Crippen LogP contribution in [0.4, 0.5) is 5.82 Å². The Morgan fingerprint density at radius 3 is 2.86 bits per heavy atom. The zero-order valence-corrected chi connectivity index (χ0v) is 7.81. The zero-order chi connectivity index (χ0) is 9.80. The normalized spacial score (nSPS) is 10.9. The van der Waals surface area contributed by atoms with Gasteiger partial charge in [-0.2, -0.15) is 5.10 Å². The maximum Gasteiger partial charge on any atom is 0.165 e. The summed E-state index contributed by atoms with van der Waals surface area (Å²) in [6.45, 7) is 1.83. The molecule has 2 rings (SSSR count). The minimum absolute atomic E-state index is 0.654. The summed E-state index contributed by atoms with van der Waals surface area (Å²) in [4.78, 5) is 8.56. The van der Waals surface area contributed by atoms with Crippen LogP contribution in [-0.4, -0.2) is 16.2 Å². The highest BCUT2D eigenvalue weighted by atomic mass is 15.3. The lowest BCUT2D eigenvalue weighted by Gasteiger charge is -1.99. The molecule has 4 heteroatoms. The second-order valence-electron chi connectivity index (χ2n) is 2.74. The average Bonchev–Trinajstić information content (AvgIpc) is 2.26. The number of hydrogen-bond donors (Lipinski definition) is 1. The molecule has 1 aromatic carbocycles.